The average Bonchev–Trinajstić information content (AvgIpc) is 2.24. The maximum Gasteiger partial charge on any atom is 0.317 e. The third-order valence-electron chi connectivity index (χ3n) is 2.17. The Balaban J connectivity index is 2.74. The Labute approximate surface area is 65.7 Å². The summed E-state index contributed by atoms with van der Waals surface area (Å²) in [7, 11) is 0. The van der Waals surface area contributed by atoms with Crippen LogP contribution < -0.4 is 0 Å². The van der Waals surface area contributed by atoms with Crippen LogP contribution >= 0.6 is 0 Å². The first-order valence-corrected chi connectivity index (χ1v) is 3.96. The molecule has 1 unspecified atom stereocenters. The zero-order valence-electron chi connectivity index (χ0n) is 6.79. The van der Waals surface area contributed by atoms with Gasteiger partial charge in [-0.1, -0.05) is 13.8 Å². The predicted molar refractivity (Wildman–Crippen MR) is 38.7 cm³/mol. The largest absolute Gasteiger partial charge is 0.393 e. The molecule has 1 saturated heterocycles. The highest BCUT2D eigenvalue weighted by Crippen LogP contribution is 2.28. The normalized spacial score (nSPS) is 30.7. The molecule has 62 valence electrons. The van der Waals surface area contributed by atoms with Gasteiger partial charge in [0.2, 0.25) is 0 Å². The number of carbonyl (C=O) groups is 2. The molecule has 1 aliphatic rings. The Morgan fingerprint density at radius 1 is 1.09 bits per heavy atom. The van der Waals surface area contributed by atoms with Crippen molar-refractivity contribution in [1.29, 1.82) is 0 Å². The standard InChI is InChI=1S/C8H12O3/c1-3-5-6(4-2)8(10)11-7(5)9/h5-6H,3-4H2,1-2H3/t5-,6?/m1/s1. The van der Waals surface area contributed by atoms with Crippen molar-refractivity contribution in [3.63, 3.8) is 0 Å². The van der Waals surface area contributed by atoms with E-state index >= 15 is 0 Å². The number of cyclic esters (lactones) is 2. The third kappa shape index (κ3) is 1.27. The molecule has 3 heteroatoms. The second-order valence-electron chi connectivity index (χ2n) is 2.77. The molecule has 0 aliphatic carbocycles. The SMILES string of the molecule is CCC1C(=O)OC(=O)[C@@H]1CC. The summed E-state index contributed by atoms with van der Waals surface area (Å²) in [4.78, 5) is 21.9. The van der Waals surface area contributed by atoms with Crippen molar-refractivity contribution in [2.24, 2.45) is 11.8 Å². The van der Waals surface area contributed by atoms with Gasteiger partial charge in [-0.05, 0) is 12.8 Å². The average molecular weight is 156 g/mol. The van der Waals surface area contributed by atoms with Gasteiger partial charge in [-0.2, -0.15) is 0 Å². The van der Waals surface area contributed by atoms with Gasteiger partial charge in [-0.25, -0.2) is 0 Å². The second kappa shape index (κ2) is 3.03. The lowest BCUT2D eigenvalue weighted by atomic mass is 9.91. The van der Waals surface area contributed by atoms with E-state index in [9.17, 15) is 9.59 Å². The van der Waals surface area contributed by atoms with Crippen LogP contribution in [0.5, 0.6) is 0 Å². The minimum Gasteiger partial charge on any atom is -0.393 e. The molecule has 0 amide bonds. The summed E-state index contributed by atoms with van der Waals surface area (Å²) in [5.74, 6) is -1.06. The maximum absolute atomic E-state index is 10.9. The zero-order chi connectivity index (χ0) is 8.43. The molecule has 1 rings (SSSR count). The molecule has 1 aliphatic heterocycles. The summed E-state index contributed by atoms with van der Waals surface area (Å²) >= 11 is 0. The molecule has 1 fully saturated rings. The lowest BCUT2D eigenvalue weighted by Gasteiger charge is -2.06. The highest BCUT2D eigenvalue weighted by atomic mass is 16.6. The number of hydrogen-bond acceptors (Lipinski definition) is 3. The fraction of sp³-hybridized carbons (Fsp3) is 0.750. The Morgan fingerprint density at radius 2 is 1.45 bits per heavy atom. The van der Waals surface area contributed by atoms with Crippen LogP contribution in [0, 0.1) is 11.8 Å². The lowest BCUT2D eigenvalue weighted by Crippen LogP contribution is -2.15. The topological polar surface area (TPSA) is 43.4 Å². The van der Waals surface area contributed by atoms with E-state index in [0.717, 1.165) is 0 Å². The van der Waals surface area contributed by atoms with Crippen LogP contribution in [-0.4, -0.2) is 11.9 Å². The molecule has 0 saturated carbocycles. The molecule has 0 N–H and O–H groups in total. The highest BCUT2D eigenvalue weighted by Gasteiger charge is 2.41. The summed E-state index contributed by atoms with van der Waals surface area (Å²) in [5, 5.41) is 0. The minimum absolute atomic E-state index is 0.188. The molecular formula is C8H12O3. The third-order valence-corrected chi connectivity index (χ3v) is 2.17. The fourth-order valence-electron chi connectivity index (χ4n) is 1.48. The van der Waals surface area contributed by atoms with Crippen LogP contribution in [0.4, 0.5) is 0 Å². The molecule has 2 atom stereocenters. The fourth-order valence-corrected chi connectivity index (χ4v) is 1.48. The molecule has 0 aromatic carbocycles. The molecular weight excluding hydrogens is 144 g/mol. The van der Waals surface area contributed by atoms with Crippen LogP contribution in [0.1, 0.15) is 26.7 Å². The number of ether oxygens (including phenoxy) is 1. The van der Waals surface area contributed by atoms with E-state index in [1.807, 2.05) is 13.8 Å². The van der Waals surface area contributed by atoms with Crippen molar-refractivity contribution in [2.75, 3.05) is 0 Å². The Kier molecular flexibility index (Phi) is 2.27. The van der Waals surface area contributed by atoms with Crippen LogP contribution in [-0.2, 0) is 14.3 Å². The first-order chi connectivity index (χ1) is 5.20. The van der Waals surface area contributed by atoms with Crippen LogP contribution in [0.15, 0.2) is 0 Å². The molecule has 0 aromatic heterocycles. The second-order valence-corrected chi connectivity index (χ2v) is 2.77. The van der Waals surface area contributed by atoms with E-state index in [1.54, 1.807) is 0 Å². The van der Waals surface area contributed by atoms with Crippen molar-refractivity contribution in [2.45, 2.75) is 26.7 Å². The van der Waals surface area contributed by atoms with Gasteiger partial charge in [0.1, 0.15) is 0 Å². The highest BCUT2D eigenvalue weighted by molar-refractivity contribution is 5.96. The molecule has 11 heavy (non-hydrogen) atoms. The van der Waals surface area contributed by atoms with E-state index in [-0.39, 0.29) is 23.8 Å². The van der Waals surface area contributed by atoms with E-state index in [2.05, 4.69) is 4.74 Å². The first-order valence-electron chi connectivity index (χ1n) is 3.96. The molecule has 3 nitrogen and oxygen atoms in total. The lowest BCUT2D eigenvalue weighted by molar-refractivity contribution is -0.153. The predicted octanol–water partition coefficient (Wildman–Crippen LogP) is 1.12. The summed E-state index contributed by atoms with van der Waals surface area (Å²) < 4.78 is 4.49. The van der Waals surface area contributed by atoms with Crippen LogP contribution in [0.25, 0.3) is 0 Å². The summed E-state index contributed by atoms with van der Waals surface area (Å²) in [6, 6.07) is 0. The number of esters is 2. The molecule has 0 aromatic rings. The van der Waals surface area contributed by atoms with Crippen molar-refractivity contribution in [3.05, 3.63) is 0 Å². The van der Waals surface area contributed by atoms with Gasteiger partial charge in [0.25, 0.3) is 0 Å². The van der Waals surface area contributed by atoms with Gasteiger partial charge in [0.15, 0.2) is 0 Å². The van der Waals surface area contributed by atoms with E-state index in [0.29, 0.717) is 12.8 Å². The van der Waals surface area contributed by atoms with Gasteiger partial charge >= 0.3 is 11.9 Å². The van der Waals surface area contributed by atoms with E-state index < -0.39 is 0 Å². The zero-order valence-corrected chi connectivity index (χ0v) is 6.79. The van der Waals surface area contributed by atoms with Gasteiger partial charge in [-0.3, -0.25) is 9.59 Å². The van der Waals surface area contributed by atoms with E-state index in [4.69, 9.17) is 0 Å². The van der Waals surface area contributed by atoms with Crippen molar-refractivity contribution in [3.8, 4) is 0 Å². The van der Waals surface area contributed by atoms with Crippen molar-refractivity contribution in [1.82, 2.24) is 0 Å². The maximum atomic E-state index is 10.9. The minimum atomic E-state index is -0.343. The Morgan fingerprint density at radius 3 is 1.73 bits per heavy atom. The quantitative estimate of drug-likeness (QED) is 0.444. The van der Waals surface area contributed by atoms with E-state index in [1.165, 1.54) is 0 Å². The Hall–Kier alpha value is -0.860. The Bertz CT molecular complexity index is 166. The summed E-state index contributed by atoms with van der Waals surface area (Å²) in [6.45, 7) is 3.79. The van der Waals surface area contributed by atoms with Crippen LogP contribution in [0.3, 0.4) is 0 Å². The van der Waals surface area contributed by atoms with Gasteiger partial charge in [-0.15, -0.1) is 0 Å². The number of hydrogen-bond donors (Lipinski definition) is 0. The smallest absolute Gasteiger partial charge is 0.317 e. The van der Waals surface area contributed by atoms with Gasteiger partial charge in [0, 0.05) is 0 Å². The molecule has 1 heterocycles. The molecule has 0 bridgehead atoms. The summed E-state index contributed by atoms with van der Waals surface area (Å²) in [5.41, 5.74) is 0. The monoisotopic (exact) mass is 156 g/mol. The number of carbonyl (C=O) groups excluding carboxylic acids is 2. The molecule has 0 radical (unpaired) electrons. The van der Waals surface area contributed by atoms with Crippen LogP contribution in [0.2, 0.25) is 0 Å². The van der Waals surface area contributed by atoms with Gasteiger partial charge < -0.3 is 4.74 Å². The van der Waals surface area contributed by atoms with Crippen molar-refractivity contribution >= 4 is 11.9 Å². The van der Waals surface area contributed by atoms with Gasteiger partial charge in [0.05, 0.1) is 11.8 Å². The summed E-state index contributed by atoms with van der Waals surface area (Å²) in [6.07, 6.45) is 1.40. The first kappa shape index (κ1) is 8.24. The number of rotatable bonds is 2. The van der Waals surface area contributed by atoms with Crippen molar-refractivity contribution < 1.29 is 14.3 Å². The molecule has 0 spiro atoms.